The molecule has 16 nitrogen and oxygen atoms in total. The second-order valence-electron chi connectivity index (χ2n) is 21.9. The summed E-state index contributed by atoms with van der Waals surface area (Å²) in [5, 5.41) is 21.5. The fraction of sp³-hybridized carbons (Fsp3) is 0.509. The van der Waals surface area contributed by atoms with Gasteiger partial charge in [-0.25, -0.2) is 19.9 Å². The van der Waals surface area contributed by atoms with Crippen molar-refractivity contribution in [2.45, 2.75) is 140 Å². The van der Waals surface area contributed by atoms with Gasteiger partial charge in [-0.15, -0.1) is 22.7 Å². The fourth-order valence-electron chi connectivity index (χ4n) is 11.5. The lowest BCUT2D eigenvalue weighted by atomic mass is 10.1. The maximum atomic E-state index is 13.2. The number of hydrogen-bond acceptors (Lipinski definition) is 16. The molecule has 4 aromatic heterocycles. The Hall–Kier alpha value is -5.90. The molecule has 0 radical (unpaired) electrons. The topological polar surface area (TPSA) is 180 Å². The summed E-state index contributed by atoms with van der Waals surface area (Å²) in [5.41, 5.74) is 9.60. The number of pyridine rings is 2. The molecule has 76 heavy (non-hydrogen) atoms. The molecule has 12 rings (SSSR count). The van der Waals surface area contributed by atoms with Crippen molar-refractivity contribution in [3.8, 4) is 12.1 Å². The number of piperazine rings is 2. The van der Waals surface area contributed by atoms with Crippen molar-refractivity contribution in [3.63, 3.8) is 0 Å². The van der Waals surface area contributed by atoms with Gasteiger partial charge in [0.2, 0.25) is 11.8 Å². The first-order chi connectivity index (χ1) is 36.9. The van der Waals surface area contributed by atoms with Crippen molar-refractivity contribution >= 4 is 74.9 Å². The molecule has 2 amide bonds. The number of anilines is 2. The van der Waals surface area contributed by atoms with Gasteiger partial charge in [-0.3, -0.25) is 14.5 Å². The highest BCUT2D eigenvalue weighted by molar-refractivity contribution is 7.17. The molecule has 4 saturated heterocycles. The van der Waals surface area contributed by atoms with Crippen molar-refractivity contribution in [3.05, 3.63) is 106 Å². The number of likely N-dealkylation sites (tertiary alicyclic amines) is 2. The number of aromatic nitrogens is 4. The second kappa shape index (κ2) is 23.8. The number of nitrogens with one attached hydrogen (secondary N) is 1. The predicted molar refractivity (Wildman–Crippen MR) is 301 cm³/mol. The Bertz CT molecular complexity index is 3010. The molecule has 2 aliphatic carbocycles. The molecule has 4 aliphatic heterocycles. The van der Waals surface area contributed by atoms with Crippen LogP contribution in [0.3, 0.4) is 0 Å². The molecular formula is C57H70N12O4S2Si. The standard InChI is InChI=1S/C26H28N6OS.C23H24N6OS.C8H18O2Si/c27-12-18-4-9-24(28-13-18)32-21-7-8-22(32)16-31(15-21)25(33)10-11-30(20-5-6-20)14-19-2-1-3-23-26(19)34-17-29-23;24-10-16-4-7-21(26-11-16)29-18-5-6-19(29)14-28(13-18)22(30)8-9-25-12-17-2-1-3-20-23(17)31-15-27-20;1-5-9-8(6-7-8)10-11(2,3)4/h1-4,9,13,17,20-22H,5-8,10-11,14-16H2;1-4,7,11,15,18-19,25H,5-6,8-9,12-14H2;5-7H2,1-4H3. The minimum Gasteiger partial charge on any atom is -0.391 e. The number of rotatable bonds is 17. The van der Waals surface area contributed by atoms with Crippen LogP contribution in [-0.4, -0.2) is 137 Å². The highest BCUT2D eigenvalue weighted by Crippen LogP contribution is 2.43. The quantitative estimate of drug-likeness (QED) is 0.0519. The van der Waals surface area contributed by atoms with E-state index >= 15 is 0 Å². The first kappa shape index (κ1) is 53.5. The van der Waals surface area contributed by atoms with Crippen LogP contribution in [0, 0.1) is 22.7 Å². The van der Waals surface area contributed by atoms with Crippen molar-refractivity contribution in [2.24, 2.45) is 0 Å². The number of benzene rings is 2. The van der Waals surface area contributed by atoms with E-state index in [1.807, 2.05) is 59.2 Å². The fourth-order valence-corrected chi connectivity index (χ4v) is 14.5. The summed E-state index contributed by atoms with van der Waals surface area (Å²) < 4.78 is 13.9. The van der Waals surface area contributed by atoms with Gasteiger partial charge in [-0.05, 0) is 113 Å². The third kappa shape index (κ3) is 12.9. The molecule has 6 aliphatic rings. The van der Waals surface area contributed by atoms with Crippen LogP contribution in [0.15, 0.2) is 84.1 Å². The molecular weight excluding hydrogens is 1010 g/mol. The number of hydrogen-bond donors (Lipinski definition) is 1. The van der Waals surface area contributed by atoms with E-state index in [0.717, 1.165) is 114 Å². The summed E-state index contributed by atoms with van der Waals surface area (Å²) in [4.78, 5) is 55.2. The van der Waals surface area contributed by atoms with Crippen molar-refractivity contribution < 1.29 is 18.8 Å². The molecule has 4 unspecified atom stereocenters. The zero-order valence-corrected chi connectivity index (χ0v) is 46.9. The van der Waals surface area contributed by atoms with E-state index in [4.69, 9.17) is 19.7 Å². The summed E-state index contributed by atoms with van der Waals surface area (Å²) in [5.74, 6) is 2.17. The average Bonchev–Trinajstić information content (AvgIpc) is 4.22. The van der Waals surface area contributed by atoms with Crippen molar-refractivity contribution in [2.75, 3.05) is 55.7 Å². The molecule has 0 spiro atoms. The van der Waals surface area contributed by atoms with E-state index in [2.05, 4.69) is 101 Å². The molecule has 1 N–H and O–H groups in total. The normalized spacial score (nSPS) is 21.2. The molecule has 2 aromatic carbocycles. The van der Waals surface area contributed by atoms with Crippen LogP contribution < -0.4 is 15.1 Å². The third-order valence-electron chi connectivity index (χ3n) is 15.3. The van der Waals surface area contributed by atoms with Gasteiger partial charge in [-0.1, -0.05) is 24.3 Å². The first-order valence-corrected chi connectivity index (χ1v) is 32.3. The molecule has 2 saturated carbocycles. The highest BCUT2D eigenvalue weighted by atomic mass is 32.1. The van der Waals surface area contributed by atoms with Gasteiger partial charge in [0.25, 0.3) is 0 Å². The van der Waals surface area contributed by atoms with Crippen molar-refractivity contribution in [1.29, 1.82) is 10.5 Å². The zero-order valence-electron chi connectivity index (χ0n) is 44.3. The maximum Gasteiger partial charge on any atom is 0.224 e. The SMILES string of the molecule is CCOC1(O[Si](C)(C)C)CC1.N#Cc1ccc(N2C3CCC2CN(C(=O)CCN(Cc2cccc4ncsc24)C2CC2)C3)nc1.N#Cc1ccc(N2C3CCC2CN(C(=O)CCNCc2cccc4ncsc24)C3)nc1. The summed E-state index contributed by atoms with van der Waals surface area (Å²) in [6.45, 7) is 15.5. The molecule has 8 heterocycles. The monoisotopic (exact) mass is 1080 g/mol. The summed E-state index contributed by atoms with van der Waals surface area (Å²) in [6.07, 6.45) is 13.3. The largest absolute Gasteiger partial charge is 0.391 e. The Kier molecular flexibility index (Phi) is 16.7. The summed E-state index contributed by atoms with van der Waals surface area (Å²) in [7, 11) is -1.39. The highest BCUT2D eigenvalue weighted by Gasteiger charge is 2.48. The van der Waals surface area contributed by atoms with Gasteiger partial charge in [0, 0.05) is 127 Å². The Morgan fingerprint density at radius 2 is 1.22 bits per heavy atom. The van der Waals surface area contributed by atoms with Gasteiger partial charge >= 0.3 is 0 Å². The number of fused-ring (bicyclic) bond motifs is 6. The maximum absolute atomic E-state index is 13.2. The van der Waals surface area contributed by atoms with Crippen molar-refractivity contribution in [1.82, 2.24) is 40.0 Å². The number of nitrogens with zero attached hydrogens (tertiary/aromatic N) is 11. The van der Waals surface area contributed by atoms with Crippen LogP contribution in [0.4, 0.5) is 11.6 Å². The van der Waals surface area contributed by atoms with E-state index in [1.54, 1.807) is 35.1 Å². The minimum absolute atomic E-state index is 0.154. The van der Waals surface area contributed by atoms with E-state index in [1.165, 1.54) is 33.4 Å². The number of ether oxygens (including phenoxy) is 1. The van der Waals surface area contributed by atoms with Crippen LogP contribution in [0.5, 0.6) is 0 Å². The molecule has 6 aromatic rings. The molecule has 398 valence electrons. The Morgan fingerprint density at radius 3 is 1.68 bits per heavy atom. The molecule has 4 atom stereocenters. The number of nitriles is 2. The van der Waals surface area contributed by atoms with Crippen LogP contribution in [-0.2, 0) is 31.8 Å². The Labute approximate surface area is 455 Å². The molecule has 19 heteroatoms. The third-order valence-corrected chi connectivity index (χ3v) is 18.1. The number of amides is 2. The zero-order chi connectivity index (χ0) is 52.8. The van der Waals surface area contributed by atoms with E-state index < -0.39 is 8.32 Å². The minimum atomic E-state index is -1.39. The van der Waals surface area contributed by atoms with E-state index in [0.29, 0.717) is 60.7 Å². The smallest absolute Gasteiger partial charge is 0.224 e. The number of carbonyl (C=O) groups excluding carboxylic acids is 2. The lowest BCUT2D eigenvalue weighted by Crippen LogP contribution is -2.56. The van der Waals surface area contributed by atoms with Gasteiger partial charge < -0.3 is 34.1 Å². The van der Waals surface area contributed by atoms with Crippen LogP contribution in [0.2, 0.25) is 19.6 Å². The summed E-state index contributed by atoms with van der Waals surface area (Å²) in [6, 6.07) is 26.1. The lowest BCUT2D eigenvalue weighted by Gasteiger charge is -2.42. The number of thiazole rings is 2. The van der Waals surface area contributed by atoms with Crippen LogP contribution >= 0.6 is 22.7 Å². The summed E-state index contributed by atoms with van der Waals surface area (Å²) >= 11 is 3.36. The molecule has 4 bridgehead atoms. The number of carbonyl (C=O) groups is 2. The average molecular weight is 1080 g/mol. The van der Waals surface area contributed by atoms with E-state index in [9.17, 15) is 9.59 Å². The van der Waals surface area contributed by atoms with Gasteiger partial charge in [0.15, 0.2) is 14.1 Å². The predicted octanol–water partition coefficient (Wildman–Crippen LogP) is 9.08. The van der Waals surface area contributed by atoms with Crippen LogP contribution in [0.1, 0.15) is 93.4 Å². The Morgan fingerprint density at radius 1 is 0.711 bits per heavy atom. The lowest BCUT2D eigenvalue weighted by molar-refractivity contribution is -0.133. The van der Waals surface area contributed by atoms with E-state index in [-0.39, 0.29) is 17.6 Å². The van der Waals surface area contributed by atoms with Crippen LogP contribution in [0.25, 0.3) is 20.4 Å². The van der Waals surface area contributed by atoms with Gasteiger partial charge in [-0.2, -0.15) is 10.5 Å². The van der Waals surface area contributed by atoms with Gasteiger partial charge in [0.1, 0.15) is 23.8 Å². The Balaban J connectivity index is 0.000000145. The second-order valence-corrected chi connectivity index (χ2v) is 28.0. The molecule has 6 fully saturated rings. The first-order valence-electron chi connectivity index (χ1n) is 27.2. The van der Waals surface area contributed by atoms with Gasteiger partial charge in [0.05, 0.1) is 42.6 Å².